The highest BCUT2D eigenvalue weighted by atomic mass is 19.1. The molecule has 1 aromatic heterocycles. The molecular weight excluding hydrogens is 261 g/mol. The summed E-state index contributed by atoms with van der Waals surface area (Å²) in [5, 5.41) is 12.2. The minimum absolute atomic E-state index is 0.00324. The number of nitrogens with one attached hydrogen (secondary N) is 1. The minimum Gasteiger partial charge on any atom is -0.394 e. The molecular formula is C14H20FN3O2. The molecule has 0 spiro atoms. The Morgan fingerprint density at radius 1 is 1.65 bits per heavy atom. The zero-order valence-corrected chi connectivity index (χ0v) is 11.8. The van der Waals surface area contributed by atoms with Crippen LogP contribution in [-0.4, -0.2) is 46.6 Å². The maximum absolute atomic E-state index is 14.3. The highest BCUT2D eigenvalue weighted by Crippen LogP contribution is 2.26. The lowest BCUT2D eigenvalue weighted by atomic mass is 10.0. The van der Waals surface area contributed by atoms with Crippen LogP contribution in [0.2, 0.25) is 0 Å². The third-order valence-corrected chi connectivity index (χ3v) is 3.79. The van der Waals surface area contributed by atoms with E-state index in [2.05, 4.69) is 10.3 Å². The van der Waals surface area contributed by atoms with Gasteiger partial charge in [0, 0.05) is 19.3 Å². The molecule has 5 nitrogen and oxygen atoms in total. The molecule has 1 aliphatic heterocycles. The first-order valence-corrected chi connectivity index (χ1v) is 6.90. The molecule has 0 radical (unpaired) electrons. The molecule has 1 aliphatic rings. The van der Waals surface area contributed by atoms with E-state index < -0.39 is 5.82 Å². The van der Waals surface area contributed by atoms with Gasteiger partial charge in [0.15, 0.2) is 11.6 Å². The van der Waals surface area contributed by atoms with Crippen molar-refractivity contribution in [2.45, 2.75) is 26.3 Å². The Morgan fingerprint density at radius 3 is 3.05 bits per heavy atom. The fourth-order valence-corrected chi connectivity index (χ4v) is 2.59. The summed E-state index contributed by atoms with van der Waals surface area (Å²) in [6.45, 7) is 4.80. The van der Waals surface area contributed by atoms with Crippen LogP contribution in [0, 0.1) is 11.7 Å². The molecule has 20 heavy (non-hydrogen) atoms. The summed E-state index contributed by atoms with van der Waals surface area (Å²) in [6.07, 6.45) is 2.24. The average Bonchev–Trinajstić information content (AvgIpc) is 2.81. The molecule has 0 saturated carbocycles. The van der Waals surface area contributed by atoms with E-state index >= 15 is 0 Å². The Bertz CT molecular complexity index is 495. The van der Waals surface area contributed by atoms with Gasteiger partial charge in [-0.15, -0.1) is 0 Å². The number of rotatable bonds is 4. The zero-order chi connectivity index (χ0) is 14.7. The number of pyridine rings is 1. The van der Waals surface area contributed by atoms with Crippen molar-refractivity contribution in [2.24, 2.45) is 5.92 Å². The second-order valence-corrected chi connectivity index (χ2v) is 5.07. The van der Waals surface area contributed by atoms with E-state index in [9.17, 15) is 14.3 Å². The Morgan fingerprint density at radius 2 is 2.40 bits per heavy atom. The van der Waals surface area contributed by atoms with Crippen LogP contribution >= 0.6 is 0 Å². The standard InChI is InChI=1S/C14H20FN3O2/c1-3-16-13-12(15)10(4-6-17-13)14(20)18-7-5-9(2)11(18)8-19/h4,6,9,11,19H,3,5,7-8H2,1-2H3,(H,16,17). The second-order valence-electron chi connectivity index (χ2n) is 5.07. The highest BCUT2D eigenvalue weighted by molar-refractivity contribution is 5.95. The minimum atomic E-state index is -0.629. The number of amides is 1. The van der Waals surface area contributed by atoms with Crippen molar-refractivity contribution in [1.82, 2.24) is 9.88 Å². The molecule has 2 unspecified atom stereocenters. The molecule has 1 aromatic rings. The van der Waals surface area contributed by atoms with Crippen LogP contribution in [0.5, 0.6) is 0 Å². The van der Waals surface area contributed by atoms with Crippen LogP contribution in [0.25, 0.3) is 0 Å². The monoisotopic (exact) mass is 281 g/mol. The normalized spacial score (nSPS) is 22.1. The van der Waals surface area contributed by atoms with Gasteiger partial charge in [-0.05, 0) is 25.3 Å². The van der Waals surface area contributed by atoms with Gasteiger partial charge in [-0.1, -0.05) is 6.92 Å². The predicted octanol–water partition coefficient (Wildman–Crippen LogP) is 1.50. The Kier molecular flexibility index (Phi) is 4.54. The van der Waals surface area contributed by atoms with Crippen LogP contribution in [0.1, 0.15) is 30.6 Å². The summed E-state index contributed by atoms with van der Waals surface area (Å²) in [6, 6.07) is 1.15. The van der Waals surface area contributed by atoms with Gasteiger partial charge in [0.2, 0.25) is 0 Å². The Labute approximate surface area is 117 Å². The largest absolute Gasteiger partial charge is 0.394 e. The Hall–Kier alpha value is -1.69. The molecule has 1 fully saturated rings. The van der Waals surface area contributed by atoms with Gasteiger partial charge in [-0.25, -0.2) is 9.37 Å². The summed E-state index contributed by atoms with van der Waals surface area (Å²) >= 11 is 0. The first-order chi connectivity index (χ1) is 9.60. The first-order valence-electron chi connectivity index (χ1n) is 6.90. The quantitative estimate of drug-likeness (QED) is 0.877. The number of carbonyl (C=O) groups excluding carboxylic acids is 1. The maximum Gasteiger partial charge on any atom is 0.257 e. The first kappa shape index (κ1) is 14.7. The number of likely N-dealkylation sites (tertiary alicyclic amines) is 1. The number of hydrogen-bond acceptors (Lipinski definition) is 4. The van der Waals surface area contributed by atoms with Gasteiger partial charge in [-0.2, -0.15) is 0 Å². The van der Waals surface area contributed by atoms with E-state index in [0.29, 0.717) is 13.1 Å². The SMILES string of the molecule is CCNc1nccc(C(=O)N2CCC(C)C2CO)c1F. The zero-order valence-electron chi connectivity index (χ0n) is 11.8. The molecule has 2 heterocycles. The predicted molar refractivity (Wildman–Crippen MR) is 74.1 cm³/mol. The fraction of sp³-hybridized carbons (Fsp3) is 0.571. The summed E-state index contributed by atoms with van der Waals surface area (Å²) < 4.78 is 14.3. The van der Waals surface area contributed by atoms with Gasteiger partial charge in [-0.3, -0.25) is 4.79 Å². The van der Waals surface area contributed by atoms with E-state index in [4.69, 9.17) is 0 Å². The third kappa shape index (κ3) is 2.60. The van der Waals surface area contributed by atoms with Crippen LogP contribution in [-0.2, 0) is 0 Å². The van der Waals surface area contributed by atoms with Crippen molar-refractivity contribution in [3.8, 4) is 0 Å². The number of aliphatic hydroxyl groups excluding tert-OH is 1. The third-order valence-electron chi connectivity index (χ3n) is 3.79. The van der Waals surface area contributed by atoms with Crippen molar-refractivity contribution in [3.05, 3.63) is 23.6 Å². The van der Waals surface area contributed by atoms with E-state index in [1.807, 2.05) is 13.8 Å². The summed E-state index contributed by atoms with van der Waals surface area (Å²) in [5.74, 6) is -0.698. The maximum atomic E-state index is 14.3. The number of anilines is 1. The van der Waals surface area contributed by atoms with Crippen molar-refractivity contribution in [1.29, 1.82) is 0 Å². The molecule has 1 amide bonds. The second kappa shape index (κ2) is 6.17. The van der Waals surface area contributed by atoms with Crippen molar-refractivity contribution >= 4 is 11.7 Å². The lowest BCUT2D eigenvalue weighted by Crippen LogP contribution is -2.40. The molecule has 2 N–H and O–H groups in total. The topological polar surface area (TPSA) is 65.5 Å². The molecule has 2 atom stereocenters. The number of carbonyl (C=O) groups is 1. The van der Waals surface area contributed by atoms with Crippen molar-refractivity contribution in [3.63, 3.8) is 0 Å². The number of nitrogens with zero attached hydrogens (tertiary/aromatic N) is 2. The van der Waals surface area contributed by atoms with Crippen molar-refractivity contribution < 1.29 is 14.3 Å². The molecule has 2 rings (SSSR count). The van der Waals surface area contributed by atoms with Gasteiger partial charge < -0.3 is 15.3 Å². The van der Waals surface area contributed by atoms with Gasteiger partial charge in [0.25, 0.3) is 5.91 Å². The van der Waals surface area contributed by atoms with Gasteiger partial charge >= 0.3 is 0 Å². The molecule has 6 heteroatoms. The number of aliphatic hydroxyl groups is 1. The smallest absolute Gasteiger partial charge is 0.257 e. The Balaban J connectivity index is 2.27. The summed E-state index contributed by atoms with van der Waals surface area (Å²) in [4.78, 5) is 17.9. The molecule has 0 aliphatic carbocycles. The van der Waals surface area contributed by atoms with E-state index in [1.165, 1.54) is 12.3 Å². The summed E-state index contributed by atoms with van der Waals surface area (Å²) in [7, 11) is 0. The molecule has 110 valence electrons. The molecule has 0 aromatic carbocycles. The molecule has 0 bridgehead atoms. The van der Waals surface area contributed by atoms with Crippen LogP contribution < -0.4 is 5.32 Å². The molecule has 1 saturated heterocycles. The average molecular weight is 281 g/mol. The van der Waals surface area contributed by atoms with E-state index in [1.54, 1.807) is 4.90 Å². The lowest BCUT2D eigenvalue weighted by molar-refractivity contribution is 0.0643. The van der Waals surface area contributed by atoms with E-state index in [0.717, 1.165) is 6.42 Å². The fourth-order valence-electron chi connectivity index (χ4n) is 2.59. The number of aromatic nitrogens is 1. The van der Waals surface area contributed by atoms with Crippen LogP contribution in [0.4, 0.5) is 10.2 Å². The van der Waals surface area contributed by atoms with Gasteiger partial charge in [0.05, 0.1) is 18.2 Å². The van der Waals surface area contributed by atoms with Crippen LogP contribution in [0.3, 0.4) is 0 Å². The lowest BCUT2D eigenvalue weighted by Gasteiger charge is -2.25. The number of hydrogen-bond donors (Lipinski definition) is 2. The summed E-state index contributed by atoms with van der Waals surface area (Å²) in [5.41, 5.74) is 0.00324. The van der Waals surface area contributed by atoms with Gasteiger partial charge in [0.1, 0.15) is 0 Å². The van der Waals surface area contributed by atoms with Crippen LogP contribution in [0.15, 0.2) is 12.3 Å². The highest BCUT2D eigenvalue weighted by Gasteiger charge is 2.35. The van der Waals surface area contributed by atoms with E-state index in [-0.39, 0.29) is 35.9 Å². The van der Waals surface area contributed by atoms with Crippen molar-refractivity contribution in [2.75, 3.05) is 25.0 Å². The number of halogens is 1.